The lowest BCUT2D eigenvalue weighted by Crippen LogP contribution is -2.26. The van der Waals surface area contributed by atoms with Gasteiger partial charge < -0.3 is 14.8 Å². The lowest BCUT2D eigenvalue weighted by Gasteiger charge is -2.24. The highest BCUT2D eigenvalue weighted by molar-refractivity contribution is 5.54. The molecule has 1 N–H and O–H groups in total. The SMILES string of the molecule is Cc1ccc(C2CCNCC2)c2c1OCO2. The number of ether oxygens (including phenoxy) is 2. The summed E-state index contributed by atoms with van der Waals surface area (Å²) in [7, 11) is 0. The van der Waals surface area contributed by atoms with Gasteiger partial charge in [-0.15, -0.1) is 0 Å². The Morgan fingerprint density at radius 1 is 1.12 bits per heavy atom. The van der Waals surface area contributed by atoms with E-state index in [9.17, 15) is 0 Å². The van der Waals surface area contributed by atoms with E-state index in [1.54, 1.807) is 0 Å². The number of benzene rings is 1. The highest BCUT2D eigenvalue weighted by atomic mass is 16.7. The van der Waals surface area contributed by atoms with Gasteiger partial charge in [0.25, 0.3) is 0 Å². The van der Waals surface area contributed by atoms with Gasteiger partial charge in [0.2, 0.25) is 6.79 Å². The van der Waals surface area contributed by atoms with Crippen LogP contribution in [-0.4, -0.2) is 19.9 Å². The third kappa shape index (κ3) is 1.55. The first-order valence-electron chi connectivity index (χ1n) is 5.96. The van der Waals surface area contributed by atoms with Crippen LogP contribution in [0.4, 0.5) is 0 Å². The first-order valence-corrected chi connectivity index (χ1v) is 5.96. The Morgan fingerprint density at radius 2 is 1.88 bits per heavy atom. The molecule has 1 fully saturated rings. The smallest absolute Gasteiger partial charge is 0.231 e. The van der Waals surface area contributed by atoms with Crippen LogP contribution in [0, 0.1) is 6.92 Å². The zero-order valence-electron chi connectivity index (χ0n) is 9.58. The van der Waals surface area contributed by atoms with Crippen molar-refractivity contribution >= 4 is 0 Å². The van der Waals surface area contributed by atoms with E-state index in [2.05, 4.69) is 24.4 Å². The third-order valence-corrected chi connectivity index (χ3v) is 3.52. The van der Waals surface area contributed by atoms with E-state index in [1.807, 2.05) is 0 Å². The molecule has 0 spiro atoms. The molecule has 0 amide bonds. The van der Waals surface area contributed by atoms with Crippen LogP contribution in [0.25, 0.3) is 0 Å². The highest BCUT2D eigenvalue weighted by Crippen LogP contribution is 2.43. The predicted octanol–water partition coefficient (Wildman–Crippen LogP) is 2.19. The number of nitrogens with one attached hydrogen (secondary N) is 1. The van der Waals surface area contributed by atoms with Crippen molar-refractivity contribution in [1.82, 2.24) is 5.32 Å². The van der Waals surface area contributed by atoms with Crippen LogP contribution in [0.15, 0.2) is 12.1 Å². The molecule has 2 aliphatic heterocycles. The molecule has 3 nitrogen and oxygen atoms in total. The van der Waals surface area contributed by atoms with E-state index in [-0.39, 0.29) is 0 Å². The summed E-state index contributed by atoms with van der Waals surface area (Å²) in [4.78, 5) is 0. The summed E-state index contributed by atoms with van der Waals surface area (Å²) in [5.41, 5.74) is 2.50. The van der Waals surface area contributed by atoms with Crippen molar-refractivity contribution in [1.29, 1.82) is 0 Å². The molecule has 1 aromatic rings. The van der Waals surface area contributed by atoms with Gasteiger partial charge in [-0.05, 0) is 44.3 Å². The minimum Gasteiger partial charge on any atom is -0.453 e. The van der Waals surface area contributed by atoms with Gasteiger partial charge in [-0.3, -0.25) is 0 Å². The van der Waals surface area contributed by atoms with Crippen molar-refractivity contribution in [3.05, 3.63) is 23.3 Å². The highest BCUT2D eigenvalue weighted by Gasteiger charge is 2.25. The summed E-state index contributed by atoms with van der Waals surface area (Å²) in [5.74, 6) is 2.57. The minimum atomic E-state index is 0.373. The van der Waals surface area contributed by atoms with Gasteiger partial charge in [0.05, 0.1) is 0 Å². The van der Waals surface area contributed by atoms with Crippen LogP contribution in [0.2, 0.25) is 0 Å². The maximum absolute atomic E-state index is 5.62. The van der Waals surface area contributed by atoms with E-state index < -0.39 is 0 Å². The molecule has 0 unspecified atom stereocenters. The van der Waals surface area contributed by atoms with E-state index >= 15 is 0 Å². The summed E-state index contributed by atoms with van der Waals surface area (Å²) in [6, 6.07) is 4.35. The van der Waals surface area contributed by atoms with Gasteiger partial charge in [-0.25, -0.2) is 0 Å². The molecule has 86 valence electrons. The monoisotopic (exact) mass is 219 g/mol. The average Bonchev–Trinajstić information content (AvgIpc) is 2.81. The van der Waals surface area contributed by atoms with Gasteiger partial charge in [0, 0.05) is 5.56 Å². The Morgan fingerprint density at radius 3 is 2.69 bits per heavy atom. The molecule has 2 heterocycles. The Kier molecular flexibility index (Phi) is 2.48. The third-order valence-electron chi connectivity index (χ3n) is 3.52. The molecule has 0 saturated carbocycles. The molecule has 0 radical (unpaired) electrons. The molecule has 3 rings (SSSR count). The minimum absolute atomic E-state index is 0.373. The van der Waals surface area contributed by atoms with Crippen molar-refractivity contribution in [2.75, 3.05) is 19.9 Å². The summed E-state index contributed by atoms with van der Waals surface area (Å²) in [5, 5.41) is 3.39. The number of hydrogen-bond donors (Lipinski definition) is 1. The van der Waals surface area contributed by atoms with Gasteiger partial charge in [0.15, 0.2) is 11.5 Å². The molecule has 0 bridgehead atoms. The van der Waals surface area contributed by atoms with E-state index in [0.29, 0.717) is 12.7 Å². The lowest BCUT2D eigenvalue weighted by atomic mass is 9.89. The Balaban J connectivity index is 1.98. The molecule has 0 aliphatic carbocycles. The molecule has 0 aromatic heterocycles. The standard InChI is InChI=1S/C13H17NO2/c1-9-2-3-11(10-4-6-14-7-5-10)13-12(9)15-8-16-13/h2-3,10,14H,4-8H2,1H3. The van der Waals surface area contributed by atoms with Crippen LogP contribution < -0.4 is 14.8 Å². The van der Waals surface area contributed by atoms with E-state index in [4.69, 9.17) is 9.47 Å². The van der Waals surface area contributed by atoms with Crippen LogP contribution in [-0.2, 0) is 0 Å². The second-order valence-electron chi connectivity index (χ2n) is 4.56. The maximum Gasteiger partial charge on any atom is 0.231 e. The first kappa shape index (κ1) is 9.97. The number of fused-ring (bicyclic) bond motifs is 1. The van der Waals surface area contributed by atoms with Crippen LogP contribution in [0.3, 0.4) is 0 Å². The van der Waals surface area contributed by atoms with Crippen molar-refractivity contribution in [2.45, 2.75) is 25.7 Å². The Hall–Kier alpha value is -1.22. The zero-order valence-corrected chi connectivity index (χ0v) is 9.58. The molecule has 0 atom stereocenters. The van der Waals surface area contributed by atoms with Crippen LogP contribution in [0.5, 0.6) is 11.5 Å². The molecular formula is C13H17NO2. The van der Waals surface area contributed by atoms with Crippen LogP contribution in [0.1, 0.15) is 29.9 Å². The van der Waals surface area contributed by atoms with Gasteiger partial charge >= 0.3 is 0 Å². The molecule has 1 aromatic carbocycles. The molecule has 1 saturated heterocycles. The first-order chi connectivity index (χ1) is 7.86. The van der Waals surface area contributed by atoms with E-state index in [0.717, 1.165) is 24.6 Å². The number of piperidine rings is 1. The summed E-state index contributed by atoms with van der Waals surface area (Å²) in [6.07, 6.45) is 2.39. The fourth-order valence-corrected chi connectivity index (χ4v) is 2.61. The summed E-state index contributed by atoms with van der Waals surface area (Å²) in [6.45, 7) is 4.65. The normalized spacial score (nSPS) is 20.1. The predicted molar refractivity (Wildman–Crippen MR) is 62.1 cm³/mol. The molecule has 16 heavy (non-hydrogen) atoms. The largest absolute Gasteiger partial charge is 0.453 e. The van der Waals surface area contributed by atoms with Gasteiger partial charge in [0.1, 0.15) is 0 Å². The average molecular weight is 219 g/mol. The quantitative estimate of drug-likeness (QED) is 0.785. The van der Waals surface area contributed by atoms with Gasteiger partial charge in [-0.2, -0.15) is 0 Å². The molecule has 2 aliphatic rings. The fourth-order valence-electron chi connectivity index (χ4n) is 2.61. The summed E-state index contributed by atoms with van der Waals surface area (Å²) >= 11 is 0. The number of hydrogen-bond acceptors (Lipinski definition) is 3. The second kappa shape index (κ2) is 3.98. The van der Waals surface area contributed by atoms with Gasteiger partial charge in [-0.1, -0.05) is 12.1 Å². The second-order valence-corrected chi connectivity index (χ2v) is 4.56. The van der Waals surface area contributed by atoms with Crippen molar-refractivity contribution in [2.24, 2.45) is 0 Å². The Bertz CT molecular complexity index is 397. The van der Waals surface area contributed by atoms with Crippen LogP contribution >= 0.6 is 0 Å². The molecule has 3 heteroatoms. The van der Waals surface area contributed by atoms with Crippen molar-refractivity contribution in [3.63, 3.8) is 0 Å². The topological polar surface area (TPSA) is 30.5 Å². The van der Waals surface area contributed by atoms with Crippen molar-refractivity contribution in [3.8, 4) is 11.5 Å². The lowest BCUT2D eigenvalue weighted by molar-refractivity contribution is 0.172. The van der Waals surface area contributed by atoms with E-state index in [1.165, 1.54) is 24.0 Å². The number of aryl methyl sites for hydroxylation is 1. The Labute approximate surface area is 95.8 Å². The van der Waals surface area contributed by atoms with Crippen molar-refractivity contribution < 1.29 is 9.47 Å². The number of rotatable bonds is 1. The molecular weight excluding hydrogens is 202 g/mol. The summed E-state index contributed by atoms with van der Waals surface area (Å²) < 4.78 is 11.1. The maximum atomic E-state index is 5.62. The fraction of sp³-hybridized carbons (Fsp3) is 0.538. The zero-order chi connectivity index (χ0) is 11.0.